The van der Waals surface area contributed by atoms with Crippen LogP contribution in [-0.2, 0) is 34.6 Å². The summed E-state index contributed by atoms with van der Waals surface area (Å²) in [7, 11) is -3.14. The molecule has 0 saturated heterocycles. The number of nitrogens with zero attached hydrogens (tertiary/aromatic N) is 1. The lowest BCUT2D eigenvalue weighted by Crippen LogP contribution is -2.15. The highest BCUT2D eigenvalue weighted by atomic mass is 32.2. The minimum Gasteiger partial charge on any atom is -0.261 e. The number of halogens is 3. The first-order chi connectivity index (χ1) is 11.6. The molecular weight excluding hydrogens is 351 g/mol. The van der Waals surface area contributed by atoms with Gasteiger partial charge in [-0.05, 0) is 49.9 Å². The molecule has 0 radical (unpaired) electrons. The molecule has 2 aromatic rings. The molecular formula is C18H20F3NO2S. The van der Waals surface area contributed by atoms with E-state index in [9.17, 15) is 21.6 Å². The largest absolute Gasteiger partial charge is 0.417 e. The third kappa shape index (κ3) is 5.56. The standard InChI is InChI=1S/C18H20F3NO2S/c1-13(2)25(23,24)12-15-5-3-14(4-6-15)7-9-17-10-8-16(11-22-17)18(19,20)21/h3-6,8,10-11,13H,7,9,12H2,1-2H3. The number of benzene rings is 1. The Labute approximate surface area is 145 Å². The Bertz CT molecular complexity index is 796. The van der Waals surface area contributed by atoms with Crippen LogP contribution in [0.4, 0.5) is 13.2 Å². The van der Waals surface area contributed by atoms with Crippen molar-refractivity contribution in [1.29, 1.82) is 0 Å². The predicted octanol–water partition coefficient (Wildman–Crippen LogP) is 4.21. The van der Waals surface area contributed by atoms with E-state index in [2.05, 4.69) is 4.98 Å². The zero-order chi connectivity index (χ0) is 18.7. The molecule has 3 nitrogen and oxygen atoms in total. The lowest BCUT2D eigenvalue weighted by molar-refractivity contribution is -0.137. The first-order valence-electron chi connectivity index (χ1n) is 7.89. The van der Waals surface area contributed by atoms with Gasteiger partial charge in [-0.2, -0.15) is 13.2 Å². The molecule has 0 fully saturated rings. The number of pyridine rings is 1. The Hall–Kier alpha value is -1.89. The molecule has 0 bridgehead atoms. The summed E-state index contributed by atoms with van der Waals surface area (Å²) in [6.45, 7) is 3.31. The first-order valence-corrected chi connectivity index (χ1v) is 9.61. The molecule has 0 unspecified atom stereocenters. The Balaban J connectivity index is 1.96. The summed E-state index contributed by atoms with van der Waals surface area (Å²) in [6, 6.07) is 9.64. The van der Waals surface area contributed by atoms with Crippen LogP contribution in [0.3, 0.4) is 0 Å². The smallest absolute Gasteiger partial charge is 0.261 e. The summed E-state index contributed by atoms with van der Waals surface area (Å²) < 4.78 is 61.3. The maximum Gasteiger partial charge on any atom is 0.417 e. The van der Waals surface area contributed by atoms with E-state index in [1.54, 1.807) is 26.0 Å². The Morgan fingerprint density at radius 1 is 0.960 bits per heavy atom. The lowest BCUT2D eigenvalue weighted by Gasteiger charge is -2.09. The average molecular weight is 371 g/mol. The van der Waals surface area contributed by atoms with E-state index in [-0.39, 0.29) is 5.75 Å². The van der Waals surface area contributed by atoms with Crippen LogP contribution in [0, 0.1) is 0 Å². The van der Waals surface area contributed by atoms with Gasteiger partial charge in [-0.1, -0.05) is 24.3 Å². The molecule has 0 aliphatic carbocycles. The van der Waals surface area contributed by atoms with Gasteiger partial charge in [0, 0.05) is 11.9 Å². The molecule has 0 aliphatic heterocycles. The van der Waals surface area contributed by atoms with Gasteiger partial charge in [0.2, 0.25) is 0 Å². The van der Waals surface area contributed by atoms with Gasteiger partial charge in [0.05, 0.1) is 16.6 Å². The van der Waals surface area contributed by atoms with Crippen LogP contribution in [-0.4, -0.2) is 18.7 Å². The molecule has 0 aliphatic rings. The Morgan fingerprint density at radius 3 is 2.04 bits per heavy atom. The number of hydrogen-bond acceptors (Lipinski definition) is 3. The molecule has 0 amide bonds. The van der Waals surface area contributed by atoms with E-state index < -0.39 is 26.8 Å². The molecule has 1 aromatic heterocycles. The van der Waals surface area contributed by atoms with Crippen LogP contribution < -0.4 is 0 Å². The van der Waals surface area contributed by atoms with Gasteiger partial charge in [-0.25, -0.2) is 8.42 Å². The molecule has 0 atom stereocenters. The van der Waals surface area contributed by atoms with Crippen LogP contribution in [0.1, 0.15) is 36.2 Å². The third-order valence-electron chi connectivity index (χ3n) is 3.93. The van der Waals surface area contributed by atoms with Gasteiger partial charge in [0.15, 0.2) is 9.84 Å². The van der Waals surface area contributed by atoms with Gasteiger partial charge in [0.25, 0.3) is 0 Å². The van der Waals surface area contributed by atoms with Crippen LogP contribution in [0.15, 0.2) is 42.6 Å². The summed E-state index contributed by atoms with van der Waals surface area (Å²) in [4.78, 5) is 3.85. The lowest BCUT2D eigenvalue weighted by atomic mass is 10.1. The van der Waals surface area contributed by atoms with Crippen molar-refractivity contribution in [2.24, 2.45) is 0 Å². The van der Waals surface area contributed by atoms with E-state index in [4.69, 9.17) is 0 Å². The SMILES string of the molecule is CC(C)S(=O)(=O)Cc1ccc(CCc2ccc(C(F)(F)F)cn2)cc1. The Kier molecular flexibility index (Phi) is 5.87. The van der Waals surface area contributed by atoms with Crippen LogP contribution in [0.25, 0.3) is 0 Å². The number of hydrogen-bond donors (Lipinski definition) is 0. The zero-order valence-electron chi connectivity index (χ0n) is 14.0. The number of aryl methyl sites for hydroxylation is 2. The summed E-state index contributed by atoms with van der Waals surface area (Å²) in [6.07, 6.45) is -2.40. The van der Waals surface area contributed by atoms with Crippen molar-refractivity contribution in [1.82, 2.24) is 4.98 Å². The highest BCUT2D eigenvalue weighted by Gasteiger charge is 2.30. The number of sulfone groups is 1. The van der Waals surface area contributed by atoms with Crippen LogP contribution in [0.2, 0.25) is 0 Å². The van der Waals surface area contributed by atoms with E-state index in [1.807, 2.05) is 12.1 Å². The fraction of sp³-hybridized carbons (Fsp3) is 0.389. The minimum absolute atomic E-state index is 0.00536. The van der Waals surface area contributed by atoms with E-state index in [0.29, 0.717) is 18.5 Å². The molecule has 136 valence electrons. The summed E-state index contributed by atoms with van der Waals surface area (Å²) in [5, 5.41) is -0.419. The number of alkyl halides is 3. The van der Waals surface area contributed by atoms with Crippen molar-refractivity contribution in [2.75, 3.05) is 0 Å². The predicted molar refractivity (Wildman–Crippen MR) is 90.8 cm³/mol. The van der Waals surface area contributed by atoms with Crippen molar-refractivity contribution in [2.45, 2.75) is 43.9 Å². The minimum atomic E-state index is -4.38. The average Bonchev–Trinajstić information content (AvgIpc) is 2.53. The van der Waals surface area contributed by atoms with E-state index >= 15 is 0 Å². The summed E-state index contributed by atoms with van der Waals surface area (Å²) in [5.41, 5.74) is 1.53. The summed E-state index contributed by atoms with van der Waals surface area (Å²) >= 11 is 0. The molecule has 25 heavy (non-hydrogen) atoms. The second-order valence-corrected chi connectivity index (χ2v) is 8.77. The van der Waals surface area contributed by atoms with Gasteiger partial charge < -0.3 is 0 Å². The van der Waals surface area contributed by atoms with Crippen molar-refractivity contribution < 1.29 is 21.6 Å². The quantitative estimate of drug-likeness (QED) is 0.764. The monoisotopic (exact) mass is 371 g/mol. The second kappa shape index (κ2) is 7.56. The molecule has 0 spiro atoms. The van der Waals surface area contributed by atoms with Gasteiger partial charge >= 0.3 is 6.18 Å². The normalized spacial score (nSPS) is 12.6. The van der Waals surface area contributed by atoms with Gasteiger partial charge in [-0.3, -0.25) is 4.98 Å². The Morgan fingerprint density at radius 2 is 1.56 bits per heavy atom. The number of rotatable bonds is 6. The molecule has 2 rings (SSSR count). The van der Waals surface area contributed by atoms with E-state index in [0.717, 1.165) is 23.4 Å². The van der Waals surface area contributed by atoms with Crippen LogP contribution in [0.5, 0.6) is 0 Å². The van der Waals surface area contributed by atoms with Crippen molar-refractivity contribution in [3.05, 3.63) is 65.0 Å². The third-order valence-corrected chi connectivity index (χ3v) is 6.10. The molecule has 1 aromatic carbocycles. The fourth-order valence-corrected chi connectivity index (χ4v) is 3.20. The second-order valence-electron chi connectivity index (χ2n) is 6.21. The van der Waals surface area contributed by atoms with Gasteiger partial charge in [0.1, 0.15) is 0 Å². The van der Waals surface area contributed by atoms with Crippen molar-refractivity contribution >= 4 is 9.84 Å². The zero-order valence-corrected chi connectivity index (χ0v) is 14.9. The molecule has 0 saturated carbocycles. The van der Waals surface area contributed by atoms with Crippen molar-refractivity contribution in [3.8, 4) is 0 Å². The molecule has 7 heteroatoms. The maximum absolute atomic E-state index is 12.5. The molecule has 1 heterocycles. The molecule has 0 N–H and O–H groups in total. The highest BCUT2D eigenvalue weighted by molar-refractivity contribution is 7.91. The number of aromatic nitrogens is 1. The first kappa shape index (κ1) is 19.4. The van der Waals surface area contributed by atoms with Gasteiger partial charge in [-0.15, -0.1) is 0 Å². The highest BCUT2D eigenvalue weighted by Crippen LogP contribution is 2.28. The van der Waals surface area contributed by atoms with E-state index in [1.165, 1.54) is 6.07 Å². The fourth-order valence-electron chi connectivity index (χ4n) is 2.21. The maximum atomic E-state index is 12.5. The topological polar surface area (TPSA) is 47.0 Å². The van der Waals surface area contributed by atoms with Crippen molar-refractivity contribution in [3.63, 3.8) is 0 Å². The van der Waals surface area contributed by atoms with Crippen LogP contribution >= 0.6 is 0 Å². The summed E-state index contributed by atoms with van der Waals surface area (Å²) in [5.74, 6) is 0.00536.